The minimum absolute atomic E-state index is 0.190. The SMILES string of the molecule is CCCCC/C=C\C/C=C\CCCCCCCCCC(=O)NC(COC1OC(CO)C(OC2OC(CO)C(O)C(OC3(C(=O)O)CC(O)C(NC(C)=O)C(C(O)C(O)CO)O3)C2O)C(O)C1O)C(O)/C=C/CCCCCCCCCCCCCCCC. The van der Waals surface area contributed by atoms with Crippen molar-refractivity contribution in [1.29, 1.82) is 0 Å². The third-order valence-corrected chi connectivity index (χ3v) is 16.6. The molecule has 3 aliphatic rings. The van der Waals surface area contributed by atoms with Crippen molar-refractivity contribution < 1.29 is 104 Å². The quantitative estimate of drug-likeness (QED) is 0.0291. The summed E-state index contributed by atoms with van der Waals surface area (Å²) in [7, 11) is 0. The van der Waals surface area contributed by atoms with Gasteiger partial charge in [0.2, 0.25) is 11.8 Å². The van der Waals surface area contributed by atoms with E-state index < -0.39 is 155 Å². The number of aliphatic hydroxyl groups excluding tert-OH is 11. The lowest BCUT2D eigenvalue weighted by molar-refractivity contribution is -0.386. The van der Waals surface area contributed by atoms with E-state index in [4.69, 9.17) is 28.4 Å². The van der Waals surface area contributed by atoms with E-state index in [1.54, 1.807) is 6.08 Å². The van der Waals surface area contributed by atoms with E-state index in [1.807, 2.05) is 6.08 Å². The molecule has 0 aromatic carbocycles. The molecule has 23 heteroatoms. The maximum absolute atomic E-state index is 13.4. The van der Waals surface area contributed by atoms with Crippen LogP contribution in [0.1, 0.15) is 213 Å². The molecule has 0 bridgehead atoms. The lowest BCUT2D eigenvalue weighted by atomic mass is 9.88. The average Bonchev–Trinajstić information content (AvgIpc) is 1.26. The summed E-state index contributed by atoms with van der Waals surface area (Å²) in [4.78, 5) is 38.5. The number of rotatable bonds is 48. The molecule has 3 rings (SSSR count). The van der Waals surface area contributed by atoms with Gasteiger partial charge in [0.25, 0.3) is 5.79 Å². The van der Waals surface area contributed by atoms with Crippen molar-refractivity contribution in [2.75, 3.05) is 26.4 Å². The van der Waals surface area contributed by atoms with Crippen molar-refractivity contribution in [3.05, 3.63) is 36.5 Å². The van der Waals surface area contributed by atoms with Gasteiger partial charge < -0.3 is 100 Å². The summed E-state index contributed by atoms with van der Waals surface area (Å²) < 4.78 is 34.7. The Morgan fingerprint density at radius 3 is 1.64 bits per heavy atom. The third-order valence-electron chi connectivity index (χ3n) is 16.6. The van der Waals surface area contributed by atoms with Gasteiger partial charge in [-0.2, -0.15) is 0 Å². The summed E-state index contributed by atoms with van der Waals surface area (Å²) in [5.41, 5.74) is 0. The van der Waals surface area contributed by atoms with Gasteiger partial charge in [0.1, 0.15) is 67.1 Å². The first-order valence-corrected chi connectivity index (χ1v) is 32.9. The second-order valence-electron chi connectivity index (χ2n) is 24.0. The minimum atomic E-state index is -3.08. The number of aliphatic carboxylic acids is 1. The van der Waals surface area contributed by atoms with E-state index in [0.29, 0.717) is 12.8 Å². The molecule has 0 aromatic rings. The van der Waals surface area contributed by atoms with E-state index in [-0.39, 0.29) is 12.3 Å². The van der Waals surface area contributed by atoms with Gasteiger partial charge in [-0.3, -0.25) is 9.59 Å². The molecule has 14 N–H and O–H groups in total. The van der Waals surface area contributed by atoms with Gasteiger partial charge in [-0.1, -0.05) is 179 Å². The lowest BCUT2D eigenvalue weighted by Gasteiger charge is -2.50. The summed E-state index contributed by atoms with van der Waals surface area (Å²) in [5.74, 6) is -6.16. The number of ether oxygens (including phenoxy) is 6. The first-order chi connectivity index (χ1) is 41.9. The van der Waals surface area contributed by atoms with Crippen LogP contribution in [-0.4, -0.2) is 215 Å². The average molecular weight is 1250 g/mol. The van der Waals surface area contributed by atoms with Crippen molar-refractivity contribution >= 4 is 17.8 Å². The van der Waals surface area contributed by atoms with Gasteiger partial charge in [0, 0.05) is 19.8 Å². The van der Waals surface area contributed by atoms with Crippen LogP contribution in [0.2, 0.25) is 0 Å². The monoisotopic (exact) mass is 1250 g/mol. The number of aliphatic hydroxyl groups is 11. The summed E-state index contributed by atoms with van der Waals surface area (Å²) in [5, 5.41) is 136. The predicted molar refractivity (Wildman–Crippen MR) is 324 cm³/mol. The Bertz CT molecular complexity index is 1920. The van der Waals surface area contributed by atoms with Crippen molar-refractivity contribution in [3.63, 3.8) is 0 Å². The number of carbonyl (C=O) groups is 3. The van der Waals surface area contributed by atoms with E-state index in [1.165, 1.54) is 89.9 Å². The molecular formula is C64H114N2O21. The molecule has 18 atom stereocenters. The molecular weight excluding hydrogens is 1130 g/mol. The van der Waals surface area contributed by atoms with Crippen LogP contribution >= 0.6 is 0 Å². The Morgan fingerprint density at radius 2 is 1.11 bits per heavy atom. The van der Waals surface area contributed by atoms with E-state index in [9.17, 15) is 75.7 Å². The van der Waals surface area contributed by atoms with Crippen LogP contribution < -0.4 is 10.6 Å². The Hall–Kier alpha value is -3.05. The molecule has 23 nitrogen and oxygen atoms in total. The normalized spacial score (nSPS) is 29.4. The molecule has 3 fully saturated rings. The smallest absolute Gasteiger partial charge is 0.364 e. The molecule has 506 valence electrons. The topological polar surface area (TPSA) is 373 Å². The summed E-state index contributed by atoms with van der Waals surface area (Å²) >= 11 is 0. The second-order valence-corrected chi connectivity index (χ2v) is 24.0. The first kappa shape index (κ1) is 78.2. The molecule has 0 saturated carbocycles. The van der Waals surface area contributed by atoms with Crippen LogP contribution in [0, 0.1) is 0 Å². The van der Waals surface area contributed by atoms with Crippen molar-refractivity contribution in [1.82, 2.24) is 10.6 Å². The highest BCUT2D eigenvalue weighted by atomic mass is 16.8. The number of carboxylic acid groups (broad SMARTS) is 1. The molecule has 2 amide bonds. The summed E-state index contributed by atoms with van der Waals surface area (Å²) in [6, 6.07) is -2.62. The van der Waals surface area contributed by atoms with E-state index >= 15 is 0 Å². The molecule has 3 heterocycles. The van der Waals surface area contributed by atoms with Crippen LogP contribution in [0.4, 0.5) is 0 Å². The number of amides is 2. The summed E-state index contributed by atoms with van der Waals surface area (Å²) in [6.07, 6.45) is 14.7. The highest BCUT2D eigenvalue weighted by molar-refractivity contribution is 5.77. The summed E-state index contributed by atoms with van der Waals surface area (Å²) in [6.45, 7) is 2.08. The number of carboxylic acids is 1. The van der Waals surface area contributed by atoms with Crippen LogP contribution in [0.25, 0.3) is 0 Å². The molecule has 0 spiro atoms. The standard InChI is InChI=1S/C64H114N2O21/c1-4-6-8-10-12-14-16-18-20-22-24-26-28-30-32-34-36-38-51(74)66-45(46(71)37-35-33-31-29-27-25-23-21-19-17-15-13-11-9-7-5-2)43-82-61-56(78)55(77)58(50(42-69)84-61)85-62-57(79)60(54(76)49(41-68)83-62)87-64(63(80)81)39-47(72)52(65-44(3)70)59(86-64)53(75)48(73)40-67/h12,14,18,20,35,37,45-50,52-62,67-69,71-73,75-79H,4-11,13,15-17,19,21-34,36,38-43H2,1-3H3,(H,65,70)(H,66,74)(H,80,81)/b14-12-,20-18-,37-35+. The van der Waals surface area contributed by atoms with Gasteiger partial charge >= 0.3 is 5.97 Å². The highest BCUT2D eigenvalue weighted by Crippen LogP contribution is 2.38. The maximum Gasteiger partial charge on any atom is 0.364 e. The zero-order chi connectivity index (χ0) is 64.0. The number of carbonyl (C=O) groups excluding carboxylic acids is 2. The Morgan fingerprint density at radius 1 is 0.609 bits per heavy atom. The van der Waals surface area contributed by atoms with Crippen LogP contribution in [0.5, 0.6) is 0 Å². The number of allylic oxidation sites excluding steroid dienone is 5. The molecule has 3 saturated heterocycles. The third kappa shape index (κ3) is 28.6. The Balaban J connectivity index is 1.64. The Labute approximate surface area is 516 Å². The van der Waals surface area contributed by atoms with Crippen molar-refractivity contribution in [2.24, 2.45) is 0 Å². The zero-order valence-corrected chi connectivity index (χ0v) is 52.4. The largest absolute Gasteiger partial charge is 0.477 e. The van der Waals surface area contributed by atoms with Crippen LogP contribution in [0.3, 0.4) is 0 Å². The van der Waals surface area contributed by atoms with Gasteiger partial charge in [-0.25, -0.2) is 4.79 Å². The van der Waals surface area contributed by atoms with E-state index in [0.717, 1.165) is 84.0 Å². The molecule has 0 aromatic heterocycles. The van der Waals surface area contributed by atoms with Crippen LogP contribution in [-0.2, 0) is 42.8 Å². The number of nitrogens with one attached hydrogen (secondary N) is 2. The van der Waals surface area contributed by atoms with Gasteiger partial charge in [0.15, 0.2) is 12.6 Å². The predicted octanol–water partition coefficient (Wildman–Crippen LogP) is 4.67. The highest BCUT2D eigenvalue weighted by Gasteiger charge is 2.60. The van der Waals surface area contributed by atoms with Crippen molar-refractivity contribution in [2.45, 2.75) is 323 Å². The molecule has 87 heavy (non-hydrogen) atoms. The fraction of sp³-hybridized carbons (Fsp3) is 0.859. The number of unbranched alkanes of at least 4 members (excludes halogenated alkanes) is 24. The molecule has 18 unspecified atom stereocenters. The van der Waals surface area contributed by atoms with Crippen LogP contribution in [0.15, 0.2) is 36.5 Å². The zero-order valence-electron chi connectivity index (χ0n) is 52.4. The molecule has 0 aliphatic carbocycles. The van der Waals surface area contributed by atoms with E-state index in [2.05, 4.69) is 48.8 Å². The fourth-order valence-electron chi connectivity index (χ4n) is 11.3. The van der Waals surface area contributed by atoms with Gasteiger partial charge in [-0.05, 0) is 51.4 Å². The minimum Gasteiger partial charge on any atom is -0.477 e. The maximum atomic E-state index is 13.4. The molecule has 3 aliphatic heterocycles. The van der Waals surface area contributed by atoms with Crippen molar-refractivity contribution in [3.8, 4) is 0 Å². The lowest BCUT2D eigenvalue weighted by Crippen LogP contribution is -2.70. The number of hydrogen-bond donors (Lipinski definition) is 14. The number of hydrogen-bond acceptors (Lipinski definition) is 20. The van der Waals surface area contributed by atoms with Gasteiger partial charge in [0.05, 0.1) is 50.7 Å². The fourth-order valence-corrected chi connectivity index (χ4v) is 11.3. The van der Waals surface area contributed by atoms with Gasteiger partial charge in [-0.15, -0.1) is 0 Å². The first-order valence-electron chi connectivity index (χ1n) is 32.9. The second kappa shape index (κ2) is 45.3. The molecule has 0 radical (unpaired) electrons. The Kier molecular flexibility index (Phi) is 40.7.